The van der Waals surface area contributed by atoms with Crippen molar-refractivity contribution in [3.8, 4) is 5.88 Å². The molecule has 0 saturated heterocycles. The molecule has 1 aromatic carbocycles. The fourth-order valence-corrected chi connectivity index (χ4v) is 2.23. The molecule has 0 amide bonds. The minimum Gasteiger partial charge on any atom is -0.477 e. The number of fused-ring (bicyclic) bond motifs is 1. The maximum atomic E-state index is 5.88. The summed E-state index contributed by atoms with van der Waals surface area (Å²) in [4.78, 5) is 4.48. The lowest BCUT2D eigenvalue weighted by Gasteiger charge is -2.10. The van der Waals surface area contributed by atoms with Crippen LogP contribution in [0.25, 0.3) is 10.8 Å². The van der Waals surface area contributed by atoms with Crippen molar-refractivity contribution in [2.45, 2.75) is 38.5 Å². The second kappa shape index (κ2) is 7.34. The number of ether oxygens (including phenoxy) is 1. The van der Waals surface area contributed by atoms with Crippen molar-refractivity contribution < 1.29 is 4.74 Å². The molecular weight excluding hydrogens is 258 g/mol. The molecule has 0 aliphatic heterocycles. The molecule has 2 nitrogen and oxygen atoms in total. The number of unbranched alkanes of at least 4 members (excludes halogenated alkanes) is 3. The first-order chi connectivity index (χ1) is 9.35. The molecule has 19 heavy (non-hydrogen) atoms. The average molecular weight is 278 g/mol. The molecule has 0 N–H and O–H groups in total. The number of benzene rings is 1. The van der Waals surface area contributed by atoms with E-state index in [2.05, 4.69) is 18.0 Å². The Kier molecular flexibility index (Phi) is 5.46. The summed E-state index contributed by atoms with van der Waals surface area (Å²) in [7, 11) is 0. The highest BCUT2D eigenvalue weighted by molar-refractivity contribution is 6.17. The van der Waals surface area contributed by atoms with E-state index in [0.717, 1.165) is 29.5 Å². The molecule has 2 aromatic rings. The maximum Gasteiger partial charge on any atom is 0.221 e. The molecule has 1 heterocycles. The van der Waals surface area contributed by atoms with E-state index in [1.54, 1.807) is 0 Å². The number of pyridine rings is 1. The van der Waals surface area contributed by atoms with Crippen LogP contribution in [0.5, 0.6) is 5.88 Å². The van der Waals surface area contributed by atoms with E-state index in [1.807, 2.05) is 24.3 Å². The Morgan fingerprint density at radius 1 is 1.16 bits per heavy atom. The van der Waals surface area contributed by atoms with Crippen LogP contribution in [0.4, 0.5) is 0 Å². The molecule has 0 aliphatic carbocycles. The second-order valence-electron chi connectivity index (χ2n) is 4.68. The Morgan fingerprint density at radius 2 is 2.00 bits per heavy atom. The topological polar surface area (TPSA) is 22.1 Å². The standard InChI is InChI=1S/C16H20ClNO/c1-2-3-4-7-10-19-16-15-9-6-5-8-13(15)11-14(12-17)18-16/h5-6,8-9,11H,2-4,7,10,12H2,1H3. The third-order valence-electron chi connectivity index (χ3n) is 3.13. The lowest BCUT2D eigenvalue weighted by atomic mass is 10.1. The Morgan fingerprint density at radius 3 is 2.79 bits per heavy atom. The molecule has 102 valence electrons. The Balaban J connectivity index is 2.11. The monoisotopic (exact) mass is 277 g/mol. The average Bonchev–Trinajstić information content (AvgIpc) is 2.46. The largest absolute Gasteiger partial charge is 0.477 e. The summed E-state index contributed by atoms with van der Waals surface area (Å²) in [5, 5.41) is 2.20. The summed E-state index contributed by atoms with van der Waals surface area (Å²) in [6.07, 6.45) is 4.79. The number of hydrogen-bond acceptors (Lipinski definition) is 2. The Hall–Kier alpha value is -1.28. The number of rotatable bonds is 7. The van der Waals surface area contributed by atoms with E-state index < -0.39 is 0 Å². The Bertz CT molecular complexity index is 527. The SMILES string of the molecule is CCCCCCOc1nc(CCl)cc2ccccc12. The molecule has 0 spiro atoms. The van der Waals surface area contributed by atoms with E-state index in [-0.39, 0.29) is 0 Å². The highest BCUT2D eigenvalue weighted by Gasteiger charge is 2.06. The lowest BCUT2D eigenvalue weighted by Crippen LogP contribution is -2.01. The van der Waals surface area contributed by atoms with Crippen molar-refractivity contribution in [1.82, 2.24) is 4.98 Å². The van der Waals surface area contributed by atoms with E-state index >= 15 is 0 Å². The summed E-state index contributed by atoms with van der Waals surface area (Å²) in [6.45, 7) is 2.93. The molecule has 2 rings (SSSR count). The summed E-state index contributed by atoms with van der Waals surface area (Å²) >= 11 is 5.88. The first-order valence-electron chi connectivity index (χ1n) is 6.92. The van der Waals surface area contributed by atoms with E-state index in [0.29, 0.717) is 11.8 Å². The third-order valence-corrected chi connectivity index (χ3v) is 3.41. The van der Waals surface area contributed by atoms with Gasteiger partial charge in [0.05, 0.1) is 18.2 Å². The van der Waals surface area contributed by atoms with E-state index in [4.69, 9.17) is 16.3 Å². The van der Waals surface area contributed by atoms with Crippen molar-refractivity contribution in [2.24, 2.45) is 0 Å². The van der Waals surface area contributed by atoms with Gasteiger partial charge in [0.25, 0.3) is 0 Å². The highest BCUT2D eigenvalue weighted by Crippen LogP contribution is 2.25. The van der Waals surface area contributed by atoms with E-state index in [9.17, 15) is 0 Å². The predicted octanol–water partition coefficient (Wildman–Crippen LogP) is 4.93. The molecule has 1 aromatic heterocycles. The van der Waals surface area contributed by atoms with Crippen LogP contribution >= 0.6 is 11.6 Å². The van der Waals surface area contributed by atoms with Crippen molar-refractivity contribution in [1.29, 1.82) is 0 Å². The fourth-order valence-electron chi connectivity index (χ4n) is 2.10. The van der Waals surface area contributed by atoms with Gasteiger partial charge in [0, 0.05) is 5.39 Å². The minimum atomic E-state index is 0.414. The van der Waals surface area contributed by atoms with Crippen LogP contribution in [0.2, 0.25) is 0 Å². The van der Waals surface area contributed by atoms with Gasteiger partial charge in [0.15, 0.2) is 0 Å². The minimum absolute atomic E-state index is 0.414. The van der Waals surface area contributed by atoms with Gasteiger partial charge in [0.2, 0.25) is 5.88 Å². The van der Waals surface area contributed by atoms with Gasteiger partial charge in [-0.1, -0.05) is 44.4 Å². The normalized spacial score (nSPS) is 10.8. The summed E-state index contributed by atoms with van der Waals surface area (Å²) in [6, 6.07) is 10.2. The fraction of sp³-hybridized carbons (Fsp3) is 0.438. The van der Waals surface area contributed by atoms with Gasteiger partial charge in [-0.2, -0.15) is 0 Å². The van der Waals surface area contributed by atoms with Gasteiger partial charge in [-0.05, 0) is 23.9 Å². The van der Waals surface area contributed by atoms with Crippen molar-refractivity contribution in [3.63, 3.8) is 0 Å². The smallest absolute Gasteiger partial charge is 0.221 e. The van der Waals surface area contributed by atoms with E-state index in [1.165, 1.54) is 19.3 Å². The van der Waals surface area contributed by atoms with Crippen LogP contribution < -0.4 is 4.74 Å². The zero-order valence-electron chi connectivity index (χ0n) is 11.4. The molecule has 0 bridgehead atoms. The van der Waals surface area contributed by atoms with Crippen molar-refractivity contribution in [3.05, 3.63) is 36.0 Å². The summed E-state index contributed by atoms with van der Waals surface area (Å²) in [5.41, 5.74) is 0.865. The van der Waals surface area contributed by atoms with Gasteiger partial charge in [-0.25, -0.2) is 4.98 Å². The molecule has 0 aliphatic rings. The van der Waals surface area contributed by atoms with Gasteiger partial charge in [0.1, 0.15) is 0 Å². The van der Waals surface area contributed by atoms with Gasteiger partial charge >= 0.3 is 0 Å². The molecule has 0 fully saturated rings. The molecule has 0 unspecified atom stereocenters. The Labute approximate surface area is 119 Å². The number of halogens is 1. The quantitative estimate of drug-likeness (QED) is 0.529. The first-order valence-corrected chi connectivity index (χ1v) is 7.46. The summed E-state index contributed by atoms with van der Waals surface area (Å²) in [5.74, 6) is 1.13. The first kappa shape index (κ1) is 14.1. The third kappa shape index (κ3) is 3.84. The number of aromatic nitrogens is 1. The van der Waals surface area contributed by atoms with Crippen LogP contribution in [0.1, 0.15) is 38.3 Å². The van der Waals surface area contributed by atoms with Crippen molar-refractivity contribution in [2.75, 3.05) is 6.61 Å². The molecule has 3 heteroatoms. The highest BCUT2D eigenvalue weighted by atomic mass is 35.5. The number of alkyl halides is 1. The number of hydrogen-bond donors (Lipinski definition) is 0. The zero-order chi connectivity index (χ0) is 13.5. The van der Waals surface area contributed by atoms with Crippen LogP contribution in [-0.4, -0.2) is 11.6 Å². The zero-order valence-corrected chi connectivity index (χ0v) is 12.1. The second-order valence-corrected chi connectivity index (χ2v) is 4.95. The van der Waals surface area contributed by atoms with Crippen LogP contribution in [0.3, 0.4) is 0 Å². The summed E-state index contributed by atoms with van der Waals surface area (Å²) < 4.78 is 5.84. The van der Waals surface area contributed by atoms with Crippen LogP contribution in [-0.2, 0) is 5.88 Å². The molecule has 0 atom stereocenters. The molecular formula is C16H20ClNO. The number of nitrogens with zero attached hydrogens (tertiary/aromatic N) is 1. The van der Waals surface area contributed by atoms with Crippen molar-refractivity contribution >= 4 is 22.4 Å². The molecule has 0 radical (unpaired) electrons. The van der Waals surface area contributed by atoms with Gasteiger partial charge in [-0.15, -0.1) is 11.6 Å². The predicted molar refractivity (Wildman–Crippen MR) is 80.9 cm³/mol. The van der Waals surface area contributed by atoms with Gasteiger partial charge < -0.3 is 4.74 Å². The van der Waals surface area contributed by atoms with Crippen LogP contribution in [0.15, 0.2) is 30.3 Å². The van der Waals surface area contributed by atoms with Crippen LogP contribution in [0, 0.1) is 0 Å². The maximum absolute atomic E-state index is 5.88. The molecule has 0 saturated carbocycles. The van der Waals surface area contributed by atoms with Gasteiger partial charge in [-0.3, -0.25) is 0 Å². The lowest BCUT2D eigenvalue weighted by molar-refractivity contribution is 0.297.